The number of unbranched alkanes of at least 4 members (excludes halogenated alkanes) is 1. The first-order chi connectivity index (χ1) is 22.2. The van der Waals surface area contributed by atoms with Crippen LogP contribution in [0, 0.1) is 5.41 Å². The lowest BCUT2D eigenvalue weighted by atomic mass is 9.87. The molecule has 15 heteroatoms. The van der Waals surface area contributed by atoms with E-state index >= 15 is 0 Å². The minimum Gasteiger partial charge on any atom is -0.486 e. The second kappa shape index (κ2) is 16.0. The topological polar surface area (TPSA) is 174 Å². The molecule has 1 aliphatic rings. The van der Waals surface area contributed by atoms with Crippen LogP contribution in [0.25, 0.3) is 0 Å². The third-order valence-corrected chi connectivity index (χ3v) is 10.1. The Balaban J connectivity index is 1.58. The molecule has 47 heavy (non-hydrogen) atoms. The van der Waals surface area contributed by atoms with E-state index in [4.69, 9.17) is 18.6 Å². The van der Waals surface area contributed by atoms with Gasteiger partial charge in [-0.3, -0.25) is 0 Å². The molecule has 0 saturated heterocycles. The number of ether oxygens (including phenoxy) is 3. The minimum absolute atomic E-state index is 0.0257. The van der Waals surface area contributed by atoms with Gasteiger partial charge in [0.15, 0.2) is 17.2 Å². The molecule has 1 amide bonds. The van der Waals surface area contributed by atoms with Crippen molar-refractivity contribution < 1.29 is 45.4 Å². The summed E-state index contributed by atoms with van der Waals surface area (Å²) in [5, 5.41) is 14.3. The normalized spacial score (nSPS) is 14.8. The molecule has 0 saturated carbocycles. The van der Waals surface area contributed by atoms with Crippen molar-refractivity contribution in [3.63, 3.8) is 0 Å². The van der Waals surface area contributed by atoms with Crippen molar-refractivity contribution in [1.82, 2.24) is 14.3 Å². The van der Waals surface area contributed by atoms with Crippen LogP contribution in [0.15, 0.2) is 76.4 Å². The molecule has 1 aliphatic heterocycles. The molecule has 0 unspecified atom stereocenters. The van der Waals surface area contributed by atoms with Crippen LogP contribution in [-0.4, -0.2) is 83.6 Å². The number of fused-ring (bicyclic) bond motifs is 1. The number of nitrogens with one attached hydrogen (secondary N) is 2. The SMILES string of the molecule is CC(C)(CCCCNS(C)(=O)=O)CN(C[C@@H](O)[C@H](Cc1ccccc1)NC(=O)Oc1ccoc1)S(=O)(=O)c1ccc2c(c1)OCCO2. The number of amides is 1. The predicted molar refractivity (Wildman–Crippen MR) is 174 cm³/mol. The molecule has 0 bridgehead atoms. The fourth-order valence-corrected chi connectivity index (χ4v) is 7.39. The van der Waals surface area contributed by atoms with Crippen molar-refractivity contribution in [3.05, 3.63) is 72.7 Å². The number of hydrogen-bond donors (Lipinski definition) is 3. The summed E-state index contributed by atoms with van der Waals surface area (Å²) in [6.07, 6.45) is 3.47. The number of carbonyl (C=O) groups is 1. The molecule has 1 aromatic heterocycles. The summed E-state index contributed by atoms with van der Waals surface area (Å²) in [5.41, 5.74) is 0.235. The van der Waals surface area contributed by atoms with E-state index in [1.54, 1.807) is 6.07 Å². The fraction of sp³-hybridized carbons (Fsp3) is 0.469. The van der Waals surface area contributed by atoms with Crippen LogP contribution in [0.5, 0.6) is 17.2 Å². The van der Waals surface area contributed by atoms with Gasteiger partial charge < -0.3 is 29.1 Å². The maximum atomic E-state index is 14.3. The zero-order chi connectivity index (χ0) is 34.1. The van der Waals surface area contributed by atoms with Gasteiger partial charge in [0, 0.05) is 31.8 Å². The molecule has 4 rings (SSSR count). The van der Waals surface area contributed by atoms with Gasteiger partial charge in [0.2, 0.25) is 20.0 Å². The van der Waals surface area contributed by atoms with Gasteiger partial charge in [0.1, 0.15) is 19.5 Å². The second-order valence-corrected chi connectivity index (χ2v) is 16.0. The van der Waals surface area contributed by atoms with Gasteiger partial charge in [0.25, 0.3) is 0 Å². The summed E-state index contributed by atoms with van der Waals surface area (Å²) in [5.74, 6) is 0.917. The lowest BCUT2D eigenvalue weighted by Crippen LogP contribution is -2.52. The third-order valence-electron chi connectivity index (χ3n) is 7.56. The quantitative estimate of drug-likeness (QED) is 0.178. The summed E-state index contributed by atoms with van der Waals surface area (Å²) < 4.78 is 76.5. The van der Waals surface area contributed by atoms with Crippen LogP contribution in [0.2, 0.25) is 0 Å². The Morgan fingerprint density at radius 3 is 2.43 bits per heavy atom. The molecular weight excluding hydrogens is 650 g/mol. The Morgan fingerprint density at radius 2 is 1.74 bits per heavy atom. The Labute approximate surface area is 276 Å². The summed E-state index contributed by atoms with van der Waals surface area (Å²) in [6.45, 7) is 4.41. The average molecular weight is 694 g/mol. The van der Waals surface area contributed by atoms with E-state index < -0.39 is 43.7 Å². The zero-order valence-electron chi connectivity index (χ0n) is 26.8. The van der Waals surface area contributed by atoms with Gasteiger partial charge in [-0.1, -0.05) is 50.6 Å². The number of nitrogens with zero attached hydrogens (tertiary/aromatic N) is 1. The van der Waals surface area contributed by atoms with E-state index in [1.807, 2.05) is 44.2 Å². The zero-order valence-corrected chi connectivity index (χ0v) is 28.4. The smallest absolute Gasteiger partial charge is 0.413 e. The monoisotopic (exact) mass is 693 g/mol. The molecule has 2 aromatic carbocycles. The molecule has 13 nitrogen and oxygen atoms in total. The van der Waals surface area contributed by atoms with Gasteiger partial charge in [0.05, 0.1) is 29.6 Å². The van der Waals surface area contributed by atoms with E-state index in [0.717, 1.165) is 11.8 Å². The molecule has 258 valence electrons. The number of benzene rings is 2. The molecule has 0 radical (unpaired) electrons. The maximum absolute atomic E-state index is 14.3. The van der Waals surface area contributed by atoms with Gasteiger partial charge in [-0.15, -0.1) is 0 Å². The van der Waals surface area contributed by atoms with Crippen LogP contribution < -0.4 is 24.2 Å². The molecule has 2 atom stereocenters. The van der Waals surface area contributed by atoms with Crippen molar-refractivity contribution in [3.8, 4) is 17.2 Å². The fourth-order valence-electron chi connectivity index (χ4n) is 5.21. The van der Waals surface area contributed by atoms with Gasteiger partial charge >= 0.3 is 6.09 Å². The Bertz CT molecular complexity index is 1660. The molecular formula is C32H43N3O10S2. The molecule has 0 spiro atoms. The largest absolute Gasteiger partial charge is 0.486 e. The Morgan fingerprint density at radius 1 is 1.02 bits per heavy atom. The highest BCUT2D eigenvalue weighted by atomic mass is 32.2. The number of aliphatic hydroxyl groups is 1. The van der Waals surface area contributed by atoms with E-state index in [-0.39, 0.29) is 43.3 Å². The van der Waals surface area contributed by atoms with E-state index in [2.05, 4.69) is 10.0 Å². The minimum atomic E-state index is -4.20. The molecule has 2 heterocycles. The predicted octanol–water partition coefficient (Wildman–Crippen LogP) is 3.55. The van der Waals surface area contributed by atoms with Crippen LogP contribution in [0.4, 0.5) is 4.79 Å². The van der Waals surface area contributed by atoms with Gasteiger partial charge in [-0.25, -0.2) is 26.4 Å². The number of sulfonamides is 2. The molecule has 3 N–H and O–H groups in total. The summed E-state index contributed by atoms with van der Waals surface area (Å²) in [7, 11) is -7.52. The van der Waals surface area contributed by atoms with Crippen molar-refractivity contribution in [1.29, 1.82) is 0 Å². The molecule has 3 aromatic rings. The van der Waals surface area contributed by atoms with Crippen LogP contribution in [0.1, 0.15) is 38.7 Å². The van der Waals surface area contributed by atoms with Crippen molar-refractivity contribution >= 4 is 26.1 Å². The van der Waals surface area contributed by atoms with Gasteiger partial charge in [-0.2, -0.15) is 4.31 Å². The number of aliphatic hydroxyl groups excluding tert-OH is 1. The lowest BCUT2D eigenvalue weighted by molar-refractivity contribution is 0.0912. The van der Waals surface area contributed by atoms with Crippen LogP contribution in [-0.2, 0) is 26.5 Å². The Hall–Kier alpha value is -3.63. The summed E-state index contributed by atoms with van der Waals surface area (Å²) >= 11 is 0. The maximum Gasteiger partial charge on any atom is 0.413 e. The first-order valence-electron chi connectivity index (χ1n) is 15.3. The molecule has 0 fully saturated rings. The number of hydrogen-bond acceptors (Lipinski definition) is 10. The van der Waals surface area contributed by atoms with E-state index in [0.29, 0.717) is 37.4 Å². The number of furan rings is 1. The van der Waals surface area contributed by atoms with Crippen LogP contribution in [0.3, 0.4) is 0 Å². The van der Waals surface area contributed by atoms with Crippen LogP contribution >= 0.6 is 0 Å². The highest BCUT2D eigenvalue weighted by Crippen LogP contribution is 2.35. The average Bonchev–Trinajstić information content (AvgIpc) is 3.52. The van der Waals surface area contributed by atoms with E-state index in [1.165, 1.54) is 35.0 Å². The lowest BCUT2D eigenvalue weighted by Gasteiger charge is -2.35. The molecule has 0 aliphatic carbocycles. The summed E-state index contributed by atoms with van der Waals surface area (Å²) in [4.78, 5) is 12.8. The first-order valence-corrected chi connectivity index (χ1v) is 18.6. The first kappa shape index (κ1) is 36.2. The van der Waals surface area contributed by atoms with Gasteiger partial charge in [-0.05, 0) is 42.4 Å². The number of carbonyl (C=O) groups excluding carboxylic acids is 1. The van der Waals surface area contributed by atoms with Crippen molar-refractivity contribution in [2.24, 2.45) is 5.41 Å². The third kappa shape index (κ3) is 11.2. The summed E-state index contributed by atoms with van der Waals surface area (Å²) in [6, 6.07) is 14.1. The second-order valence-electron chi connectivity index (χ2n) is 12.2. The highest BCUT2D eigenvalue weighted by Gasteiger charge is 2.35. The standard InChI is InChI=1S/C32H43N3O10S2/c1-32(2,14-7-8-15-33-46(3,38)39)23-35(47(40,41)26-11-12-29-30(20-26)44-18-17-43-29)21-28(36)27(19-24-9-5-4-6-10-24)34-31(37)45-25-13-16-42-22-25/h4-6,9-13,16,20,22,27-28,33,36H,7-8,14-15,17-19,21,23H2,1-3H3,(H,34,37)/t27-,28+/m0/s1. The van der Waals surface area contributed by atoms with E-state index in [9.17, 15) is 26.7 Å². The van der Waals surface area contributed by atoms with Crippen molar-refractivity contribution in [2.45, 2.75) is 56.6 Å². The number of rotatable bonds is 17. The Kier molecular flexibility index (Phi) is 12.3. The van der Waals surface area contributed by atoms with Crippen molar-refractivity contribution in [2.75, 3.05) is 39.1 Å². The highest BCUT2D eigenvalue weighted by molar-refractivity contribution is 7.89.